The molecule has 0 saturated carbocycles. The van der Waals surface area contributed by atoms with Gasteiger partial charge in [-0.2, -0.15) is 0 Å². The summed E-state index contributed by atoms with van der Waals surface area (Å²) in [5, 5.41) is 0.832. The van der Waals surface area contributed by atoms with Crippen molar-refractivity contribution in [2.24, 2.45) is 4.99 Å². The van der Waals surface area contributed by atoms with E-state index in [1.54, 1.807) is 23.9 Å². The number of ketones is 1. The molecule has 7 heteroatoms. The molecule has 0 radical (unpaired) electrons. The van der Waals surface area contributed by atoms with Gasteiger partial charge in [-0.3, -0.25) is 9.79 Å². The Labute approximate surface area is 146 Å². The smallest absolute Gasteiger partial charge is 0.164 e. The van der Waals surface area contributed by atoms with Crippen LogP contribution < -0.4 is 4.90 Å². The minimum atomic E-state index is -3.05. The molecule has 0 unspecified atom stereocenters. The third-order valence-electron chi connectivity index (χ3n) is 4.11. The highest BCUT2D eigenvalue weighted by Crippen LogP contribution is 2.35. The first kappa shape index (κ1) is 17.2. The van der Waals surface area contributed by atoms with Crippen LogP contribution in [-0.4, -0.2) is 48.7 Å². The van der Waals surface area contributed by atoms with Crippen LogP contribution in [0, 0.1) is 0 Å². The summed E-state index contributed by atoms with van der Waals surface area (Å²) in [6.07, 6.45) is 0. The standard InChI is InChI=1S/C17H20N2O3S2/c1-11(2)8-23-17-18-15-9-24(21,22)10-16(15)19(17)14-6-4-13(5-7-14)12(3)20/h4-7,15-16H,1,8-10H2,2-3H3/t15-,16-/m1/s1. The van der Waals surface area contributed by atoms with Gasteiger partial charge in [0.2, 0.25) is 0 Å². The van der Waals surface area contributed by atoms with E-state index in [2.05, 4.69) is 11.6 Å². The fraction of sp³-hybridized carbons (Fsp3) is 0.412. The zero-order chi connectivity index (χ0) is 17.5. The summed E-state index contributed by atoms with van der Waals surface area (Å²) >= 11 is 1.58. The minimum Gasteiger partial charge on any atom is -0.315 e. The van der Waals surface area contributed by atoms with Gasteiger partial charge < -0.3 is 4.90 Å². The average molecular weight is 364 g/mol. The third kappa shape index (κ3) is 3.42. The zero-order valence-electron chi connectivity index (χ0n) is 13.7. The Balaban J connectivity index is 1.93. The van der Waals surface area contributed by atoms with Crippen molar-refractivity contribution in [1.82, 2.24) is 0 Å². The lowest BCUT2D eigenvalue weighted by atomic mass is 10.1. The lowest BCUT2D eigenvalue weighted by Gasteiger charge is -2.26. The van der Waals surface area contributed by atoms with Gasteiger partial charge in [-0.25, -0.2) is 8.42 Å². The molecule has 1 aromatic rings. The molecular weight excluding hydrogens is 344 g/mol. The Morgan fingerprint density at radius 2 is 1.96 bits per heavy atom. The van der Waals surface area contributed by atoms with Crippen molar-refractivity contribution in [3.8, 4) is 0 Å². The summed E-state index contributed by atoms with van der Waals surface area (Å²) in [5.74, 6) is 0.978. The van der Waals surface area contributed by atoms with Crippen LogP contribution in [0.15, 0.2) is 41.4 Å². The number of Topliss-reactive ketones (excluding diaryl/α,β-unsaturated/α-hetero) is 1. The first-order chi connectivity index (χ1) is 11.3. The maximum atomic E-state index is 12.0. The van der Waals surface area contributed by atoms with Crippen LogP contribution in [0.1, 0.15) is 24.2 Å². The van der Waals surface area contributed by atoms with E-state index in [1.165, 1.54) is 6.92 Å². The zero-order valence-corrected chi connectivity index (χ0v) is 15.4. The van der Waals surface area contributed by atoms with Gasteiger partial charge >= 0.3 is 0 Å². The Bertz CT molecular complexity index is 813. The van der Waals surface area contributed by atoms with Gasteiger partial charge in [0, 0.05) is 17.0 Å². The molecule has 0 aromatic heterocycles. The van der Waals surface area contributed by atoms with Crippen LogP contribution >= 0.6 is 11.8 Å². The summed E-state index contributed by atoms with van der Waals surface area (Å²) in [7, 11) is -3.05. The second-order valence-corrected chi connectivity index (χ2v) is 9.44. The normalized spacial score (nSPS) is 24.6. The third-order valence-corrected chi connectivity index (χ3v) is 7.00. The molecule has 1 saturated heterocycles. The molecule has 0 bridgehead atoms. The second-order valence-electron chi connectivity index (χ2n) is 6.34. The van der Waals surface area contributed by atoms with Crippen molar-refractivity contribution in [3.63, 3.8) is 0 Å². The van der Waals surface area contributed by atoms with Crippen molar-refractivity contribution >= 4 is 38.2 Å². The van der Waals surface area contributed by atoms with E-state index in [0.29, 0.717) is 5.56 Å². The number of rotatable bonds is 4. The van der Waals surface area contributed by atoms with E-state index in [-0.39, 0.29) is 29.4 Å². The van der Waals surface area contributed by atoms with Crippen LogP contribution in [0.2, 0.25) is 0 Å². The number of aliphatic imine (C=N–C) groups is 1. The van der Waals surface area contributed by atoms with Gasteiger partial charge in [-0.15, -0.1) is 0 Å². The van der Waals surface area contributed by atoms with Crippen molar-refractivity contribution in [2.75, 3.05) is 22.2 Å². The first-order valence-corrected chi connectivity index (χ1v) is 10.5. The largest absolute Gasteiger partial charge is 0.315 e. The number of carbonyl (C=O) groups is 1. The van der Waals surface area contributed by atoms with Crippen LogP contribution in [-0.2, 0) is 9.84 Å². The minimum absolute atomic E-state index is 0.00911. The summed E-state index contributed by atoms with van der Waals surface area (Å²) in [6.45, 7) is 7.40. The summed E-state index contributed by atoms with van der Waals surface area (Å²) in [4.78, 5) is 18.1. The van der Waals surface area contributed by atoms with E-state index in [0.717, 1.165) is 22.2 Å². The molecular formula is C17H20N2O3S2. The molecule has 3 rings (SSSR count). The fourth-order valence-electron chi connectivity index (χ4n) is 2.98. The maximum Gasteiger partial charge on any atom is 0.164 e. The molecule has 2 heterocycles. The predicted octanol–water partition coefficient (Wildman–Crippen LogP) is 2.54. The van der Waals surface area contributed by atoms with Crippen LogP contribution in [0.3, 0.4) is 0 Å². The van der Waals surface area contributed by atoms with E-state index in [4.69, 9.17) is 0 Å². The van der Waals surface area contributed by atoms with Gasteiger partial charge in [0.15, 0.2) is 20.8 Å². The molecule has 1 aromatic carbocycles. The monoisotopic (exact) mass is 364 g/mol. The van der Waals surface area contributed by atoms with Crippen molar-refractivity contribution < 1.29 is 13.2 Å². The molecule has 2 aliphatic rings. The number of hydrogen-bond donors (Lipinski definition) is 0. The van der Waals surface area contributed by atoms with Crippen LogP contribution in [0.25, 0.3) is 0 Å². The molecule has 1 fully saturated rings. The van der Waals surface area contributed by atoms with Crippen LogP contribution in [0.4, 0.5) is 5.69 Å². The molecule has 0 amide bonds. The maximum absolute atomic E-state index is 12.0. The van der Waals surface area contributed by atoms with E-state index < -0.39 is 9.84 Å². The highest BCUT2D eigenvalue weighted by molar-refractivity contribution is 8.14. The Morgan fingerprint density at radius 3 is 2.54 bits per heavy atom. The average Bonchev–Trinajstić information content (AvgIpc) is 2.96. The Hall–Kier alpha value is -1.60. The summed E-state index contributed by atoms with van der Waals surface area (Å²) in [5.41, 5.74) is 2.55. The SMILES string of the molecule is C=C(C)CSC1=N[C@@H]2CS(=O)(=O)C[C@H]2N1c1ccc(C(C)=O)cc1. The van der Waals surface area contributed by atoms with Gasteiger partial charge in [-0.1, -0.05) is 23.9 Å². The fourth-order valence-corrected chi connectivity index (χ4v) is 5.79. The highest BCUT2D eigenvalue weighted by Gasteiger charge is 2.47. The van der Waals surface area contributed by atoms with Gasteiger partial charge in [0.05, 0.1) is 23.6 Å². The number of amidine groups is 1. The van der Waals surface area contributed by atoms with E-state index in [1.807, 2.05) is 24.0 Å². The quantitative estimate of drug-likeness (QED) is 0.607. The molecule has 24 heavy (non-hydrogen) atoms. The lowest BCUT2D eigenvalue weighted by molar-refractivity contribution is 0.101. The molecule has 0 aliphatic carbocycles. The number of hydrogen-bond acceptors (Lipinski definition) is 6. The lowest BCUT2D eigenvalue weighted by Crippen LogP contribution is -2.39. The predicted molar refractivity (Wildman–Crippen MR) is 99.9 cm³/mol. The number of fused-ring (bicyclic) bond motifs is 1. The number of sulfone groups is 1. The molecule has 5 nitrogen and oxygen atoms in total. The number of nitrogens with zero attached hydrogens (tertiary/aromatic N) is 2. The van der Waals surface area contributed by atoms with Gasteiger partial charge in [0.25, 0.3) is 0 Å². The summed E-state index contributed by atoms with van der Waals surface area (Å²) < 4.78 is 24.0. The second kappa shape index (κ2) is 6.37. The van der Waals surface area contributed by atoms with Gasteiger partial charge in [-0.05, 0) is 38.1 Å². The van der Waals surface area contributed by atoms with Gasteiger partial charge in [0.1, 0.15) is 0 Å². The highest BCUT2D eigenvalue weighted by atomic mass is 32.2. The Kier molecular flexibility index (Phi) is 4.57. The van der Waals surface area contributed by atoms with E-state index >= 15 is 0 Å². The first-order valence-electron chi connectivity index (χ1n) is 7.72. The van der Waals surface area contributed by atoms with E-state index in [9.17, 15) is 13.2 Å². The number of carbonyl (C=O) groups excluding carboxylic acids is 1. The molecule has 0 N–H and O–H groups in total. The molecule has 2 atom stereocenters. The van der Waals surface area contributed by atoms with Crippen molar-refractivity contribution in [3.05, 3.63) is 42.0 Å². The molecule has 128 valence electrons. The van der Waals surface area contributed by atoms with Crippen molar-refractivity contribution in [2.45, 2.75) is 25.9 Å². The number of benzene rings is 1. The molecule has 2 aliphatic heterocycles. The van der Waals surface area contributed by atoms with Crippen LogP contribution in [0.5, 0.6) is 0 Å². The topological polar surface area (TPSA) is 66.8 Å². The Morgan fingerprint density at radius 1 is 1.29 bits per heavy atom. The molecule has 0 spiro atoms. The summed E-state index contributed by atoms with van der Waals surface area (Å²) in [6, 6.07) is 6.90. The number of thioether (sulfide) groups is 1. The number of anilines is 1. The van der Waals surface area contributed by atoms with Crippen molar-refractivity contribution in [1.29, 1.82) is 0 Å².